The summed E-state index contributed by atoms with van der Waals surface area (Å²) in [4.78, 5) is 21.1. The fourth-order valence-corrected chi connectivity index (χ4v) is 3.57. The lowest BCUT2D eigenvalue weighted by atomic mass is 10.1. The van der Waals surface area contributed by atoms with Crippen LogP contribution in [0, 0.1) is 13.8 Å². The van der Waals surface area contributed by atoms with E-state index in [0.717, 1.165) is 35.6 Å². The monoisotopic (exact) mass is 367 g/mol. The normalized spacial score (nSPS) is 22.4. The van der Waals surface area contributed by atoms with Gasteiger partial charge in [-0.05, 0) is 32.8 Å². The number of nitrogens with one attached hydrogen (secondary N) is 1. The second kappa shape index (κ2) is 6.12. The minimum Gasteiger partial charge on any atom is -0.377 e. The van der Waals surface area contributed by atoms with Crippen molar-refractivity contribution < 1.29 is 4.74 Å². The van der Waals surface area contributed by atoms with Crippen molar-refractivity contribution in [2.24, 2.45) is 0 Å². The Labute approximate surface area is 155 Å². The Hall–Kier alpha value is -2.81. The molecule has 0 bridgehead atoms. The lowest BCUT2D eigenvalue weighted by Gasteiger charge is -2.23. The van der Waals surface area contributed by atoms with Crippen molar-refractivity contribution in [3.05, 3.63) is 45.8 Å². The van der Waals surface area contributed by atoms with Crippen LogP contribution < -0.4 is 10.9 Å². The molecule has 0 amide bonds. The van der Waals surface area contributed by atoms with E-state index in [4.69, 9.17) is 4.74 Å². The lowest BCUT2D eigenvalue weighted by molar-refractivity contribution is 0.182. The summed E-state index contributed by atoms with van der Waals surface area (Å²) in [6, 6.07) is 3.19. The number of hydrogen-bond acceptors (Lipinski definition) is 7. The van der Waals surface area contributed by atoms with Crippen molar-refractivity contribution in [2.45, 2.75) is 44.7 Å². The first-order valence-electron chi connectivity index (χ1n) is 9.23. The van der Waals surface area contributed by atoms with Crippen LogP contribution in [-0.2, 0) is 4.74 Å². The third kappa shape index (κ3) is 2.78. The van der Waals surface area contributed by atoms with E-state index < -0.39 is 0 Å². The van der Waals surface area contributed by atoms with Crippen LogP contribution in [0.1, 0.15) is 41.8 Å². The maximum absolute atomic E-state index is 12.5. The molecule has 3 aromatic heterocycles. The molecule has 1 aliphatic carbocycles. The van der Waals surface area contributed by atoms with Gasteiger partial charge in [-0.25, -0.2) is 9.67 Å². The molecule has 27 heavy (non-hydrogen) atoms. The SMILES string of the molecule is Cc1nc2ncnn2c(NC2COCC2n2nc(C3CC3)ccc2=O)c1C. The molecule has 2 aliphatic rings. The molecule has 1 saturated heterocycles. The second-order valence-corrected chi connectivity index (χ2v) is 7.31. The van der Waals surface area contributed by atoms with E-state index >= 15 is 0 Å². The highest BCUT2D eigenvalue weighted by molar-refractivity contribution is 5.52. The fraction of sp³-hybridized carbons (Fsp3) is 0.500. The van der Waals surface area contributed by atoms with Crippen molar-refractivity contribution in [1.29, 1.82) is 0 Å². The zero-order valence-corrected chi connectivity index (χ0v) is 15.3. The van der Waals surface area contributed by atoms with Crippen molar-refractivity contribution in [1.82, 2.24) is 29.4 Å². The molecule has 1 saturated carbocycles. The molecule has 5 rings (SSSR count). The summed E-state index contributed by atoms with van der Waals surface area (Å²) in [7, 11) is 0. The number of rotatable bonds is 4. The largest absolute Gasteiger partial charge is 0.377 e. The van der Waals surface area contributed by atoms with Gasteiger partial charge in [-0.2, -0.15) is 19.7 Å². The van der Waals surface area contributed by atoms with E-state index in [2.05, 4.69) is 25.5 Å². The first-order valence-corrected chi connectivity index (χ1v) is 9.23. The third-order valence-corrected chi connectivity index (χ3v) is 5.44. The van der Waals surface area contributed by atoms with Crippen molar-refractivity contribution in [3.8, 4) is 0 Å². The number of anilines is 1. The fourth-order valence-electron chi connectivity index (χ4n) is 3.57. The van der Waals surface area contributed by atoms with E-state index in [1.54, 1.807) is 15.3 Å². The Kier molecular flexibility index (Phi) is 3.71. The van der Waals surface area contributed by atoms with Gasteiger partial charge in [0.25, 0.3) is 11.3 Å². The first-order chi connectivity index (χ1) is 13.1. The van der Waals surface area contributed by atoms with Crippen LogP contribution >= 0.6 is 0 Å². The van der Waals surface area contributed by atoms with Crippen molar-refractivity contribution in [2.75, 3.05) is 18.5 Å². The Bertz CT molecular complexity index is 1070. The summed E-state index contributed by atoms with van der Waals surface area (Å²) in [5.41, 5.74) is 2.77. The zero-order chi connectivity index (χ0) is 18.5. The Balaban J connectivity index is 1.51. The zero-order valence-electron chi connectivity index (χ0n) is 15.3. The van der Waals surface area contributed by atoms with Crippen LogP contribution in [0.15, 0.2) is 23.3 Å². The van der Waals surface area contributed by atoms with Gasteiger partial charge in [-0.3, -0.25) is 4.79 Å². The minimum absolute atomic E-state index is 0.0995. The number of hydrogen-bond donors (Lipinski definition) is 1. The quantitative estimate of drug-likeness (QED) is 0.740. The topological polar surface area (TPSA) is 99.2 Å². The molecule has 0 spiro atoms. The van der Waals surface area contributed by atoms with Gasteiger partial charge in [0, 0.05) is 23.2 Å². The van der Waals surface area contributed by atoms with E-state index in [9.17, 15) is 4.79 Å². The van der Waals surface area contributed by atoms with Crippen LogP contribution in [-0.4, -0.2) is 48.6 Å². The molecule has 0 aromatic carbocycles. The highest BCUT2D eigenvalue weighted by Gasteiger charge is 2.34. The molecule has 2 fully saturated rings. The minimum atomic E-state index is -0.178. The highest BCUT2D eigenvalue weighted by atomic mass is 16.5. The van der Waals surface area contributed by atoms with Crippen LogP contribution in [0.25, 0.3) is 5.78 Å². The van der Waals surface area contributed by atoms with Gasteiger partial charge in [-0.1, -0.05) is 0 Å². The van der Waals surface area contributed by atoms with Gasteiger partial charge in [0.1, 0.15) is 18.2 Å². The van der Waals surface area contributed by atoms with E-state index in [1.807, 2.05) is 19.9 Å². The molecule has 0 radical (unpaired) electrons. The van der Waals surface area contributed by atoms with E-state index in [0.29, 0.717) is 24.9 Å². The molecule has 2 unspecified atom stereocenters. The average molecular weight is 367 g/mol. The maximum atomic E-state index is 12.5. The number of aromatic nitrogens is 6. The summed E-state index contributed by atoms with van der Waals surface area (Å²) in [6.45, 7) is 4.88. The summed E-state index contributed by atoms with van der Waals surface area (Å²) >= 11 is 0. The van der Waals surface area contributed by atoms with Crippen molar-refractivity contribution >= 4 is 11.6 Å². The average Bonchev–Trinajstić information content (AvgIpc) is 3.23. The van der Waals surface area contributed by atoms with Crippen LogP contribution in [0.5, 0.6) is 0 Å². The van der Waals surface area contributed by atoms with Crippen LogP contribution in [0.4, 0.5) is 5.82 Å². The lowest BCUT2D eigenvalue weighted by Crippen LogP contribution is -2.38. The molecule has 9 heteroatoms. The second-order valence-electron chi connectivity index (χ2n) is 7.31. The van der Waals surface area contributed by atoms with Crippen LogP contribution in [0.3, 0.4) is 0 Å². The van der Waals surface area contributed by atoms with Crippen LogP contribution in [0.2, 0.25) is 0 Å². The van der Waals surface area contributed by atoms with Gasteiger partial charge in [0.2, 0.25) is 0 Å². The predicted octanol–water partition coefficient (Wildman–Crippen LogP) is 1.23. The predicted molar refractivity (Wildman–Crippen MR) is 98.0 cm³/mol. The molecular formula is C18H21N7O2. The molecule has 1 aliphatic heterocycles. The standard InChI is InChI=1S/C18H21N7O2/c1-10-11(2)21-18-19-9-20-25(18)17(10)22-14-7-27-8-15(14)24-16(26)6-5-13(23-24)12-3-4-12/h5-6,9,12,14-15,22H,3-4,7-8H2,1-2H3. The molecular weight excluding hydrogens is 346 g/mol. The van der Waals surface area contributed by atoms with E-state index in [-0.39, 0.29) is 17.6 Å². The summed E-state index contributed by atoms with van der Waals surface area (Å²) in [6.07, 6.45) is 3.78. The highest BCUT2D eigenvalue weighted by Crippen LogP contribution is 2.38. The number of nitrogens with zero attached hydrogens (tertiary/aromatic N) is 6. The molecule has 9 nitrogen and oxygen atoms in total. The Morgan fingerprint density at radius 3 is 2.89 bits per heavy atom. The number of ether oxygens (including phenoxy) is 1. The van der Waals surface area contributed by atoms with Gasteiger partial charge >= 0.3 is 0 Å². The molecule has 4 heterocycles. The molecule has 2 atom stereocenters. The first kappa shape index (κ1) is 16.4. The van der Waals surface area contributed by atoms with Crippen molar-refractivity contribution in [3.63, 3.8) is 0 Å². The maximum Gasteiger partial charge on any atom is 0.267 e. The summed E-state index contributed by atoms with van der Waals surface area (Å²) < 4.78 is 8.98. The smallest absolute Gasteiger partial charge is 0.267 e. The number of aryl methyl sites for hydroxylation is 1. The van der Waals surface area contributed by atoms with Gasteiger partial charge in [0.15, 0.2) is 0 Å². The Morgan fingerprint density at radius 2 is 2.07 bits per heavy atom. The number of fused-ring (bicyclic) bond motifs is 1. The molecule has 140 valence electrons. The third-order valence-electron chi connectivity index (χ3n) is 5.44. The van der Waals surface area contributed by atoms with Gasteiger partial charge in [-0.15, -0.1) is 0 Å². The summed E-state index contributed by atoms with van der Waals surface area (Å²) in [5, 5.41) is 12.4. The molecule has 3 aromatic rings. The molecule has 1 N–H and O–H groups in total. The summed E-state index contributed by atoms with van der Waals surface area (Å²) in [5.74, 6) is 1.86. The van der Waals surface area contributed by atoms with E-state index in [1.165, 1.54) is 6.33 Å². The van der Waals surface area contributed by atoms with Gasteiger partial charge < -0.3 is 10.1 Å². The Morgan fingerprint density at radius 1 is 1.22 bits per heavy atom. The van der Waals surface area contributed by atoms with Gasteiger partial charge in [0.05, 0.1) is 24.9 Å².